The third-order valence-electron chi connectivity index (χ3n) is 4.79. The van der Waals surface area contributed by atoms with Gasteiger partial charge in [0.1, 0.15) is 6.61 Å². The Kier molecular flexibility index (Phi) is 7.33. The van der Waals surface area contributed by atoms with E-state index in [9.17, 15) is 0 Å². The van der Waals surface area contributed by atoms with Gasteiger partial charge in [-0.15, -0.1) is 0 Å². The second-order valence-electron chi connectivity index (χ2n) is 6.70. The van der Waals surface area contributed by atoms with E-state index in [4.69, 9.17) is 32.7 Å². The molecule has 1 N–H and O–H groups in total. The lowest BCUT2D eigenvalue weighted by Gasteiger charge is -2.18. The number of methoxy groups -OCH3 is 1. The normalized spacial score (nSPS) is 10.7. The lowest BCUT2D eigenvalue weighted by molar-refractivity contribution is 0.281. The average Bonchev–Trinajstić information content (AvgIpc) is 2.69. The van der Waals surface area contributed by atoms with Crippen molar-refractivity contribution in [3.05, 3.63) is 85.3 Å². The number of nitrogens with one attached hydrogen (secondary N) is 1. The summed E-state index contributed by atoms with van der Waals surface area (Å²) in [5.74, 6) is 1.29. The highest BCUT2D eigenvalue weighted by Crippen LogP contribution is 2.38. The first-order valence-corrected chi connectivity index (χ1v) is 10.7. The van der Waals surface area contributed by atoms with Gasteiger partial charge in [-0.2, -0.15) is 0 Å². The average molecular weight is 495 g/mol. The highest BCUT2D eigenvalue weighted by atomic mass is 79.9. The van der Waals surface area contributed by atoms with Crippen LogP contribution in [0.15, 0.2) is 53.0 Å². The Morgan fingerprint density at radius 1 is 0.931 bits per heavy atom. The maximum atomic E-state index is 6.29. The number of hydrogen-bond acceptors (Lipinski definition) is 3. The number of hydrogen-bond donors (Lipinski definition) is 1. The van der Waals surface area contributed by atoms with E-state index in [1.165, 1.54) is 11.1 Å². The lowest BCUT2D eigenvalue weighted by Crippen LogP contribution is -2.07. The molecule has 0 aliphatic rings. The van der Waals surface area contributed by atoms with Gasteiger partial charge < -0.3 is 14.8 Å². The van der Waals surface area contributed by atoms with E-state index in [1.54, 1.807) is 19.2 Å². The molecule has 0 fully saturated rings. The summed E-state index contributed by atoms with van der Waals surface area (Å²) in [6.45, 7) is 5.00. The Morgan fingerprint density at radius 2 is 1.66 bits per heavy atom. The van der Waals surface area contributed by atoms with E-state index in [2.05, 4.69) is 53.3 Å². The molecule has 0 aliphatic carbocycles. The Hall–Kier alpha value is -1.88. The molecule has 3 rings (SSSR count). The van der Waals surface area contributed by atoms with Gasteiger partial charge in [0.15, 0.2) is 11.5 Å². The van der Waals surface area contributed by atoms with Gasteiger partial charge in [-0.25, -0.2) is 0 Å². The highest BCUT2D eigenvalue weighted by molar-refractivity contribution is 9.10. The molecule has 0 aromatic heterocycles. The summed E-state index contributed by atoms with van der Waals surface area (Å²) in [5.41, 5.74) is 5.24. The van der Waals surface area contributed by atoms with Crippen LogP contribution in [0, 0.1) is 13.8 Å². The van der Waals surface area contributed by atoms with Crippen LogP contribution in [0.1, 0.15) is 22.3 Å². The molecule has 0 aliphatic heterocycles. The summed E-state index contributed by atoms with van der Waals surface area (Å²) in [6, 6.07) is 15.5. The minimum Gasteiger partial charge on any atom is -0.493 e. The molecular formula is C23H22BrCl2NO2. The van der Waals surface area contributed by atoms with Crippen LogP contribution in [-0.4, -0.2) is 7.11 Å². The van der Waals surface area contributed by atoms with E-state index in [-0.39, 0.29) is 6.61 Å². The van der Waals surface area contributed by atoms with Crippen LogP contribution >= 0.6 is 39.1 Å². The van der Waals surface area contributed by atoms with Crippen LogP contribution in [0.2, 0.25) is 10.0 Å². The maximum absolute atomic E-state index is 6.29. The number of aryl methyl sites for hydroxylation is 2. The Labute approximate surface area is 190 Å². The Morgan fingerprint density at radius 3 is 2.31 bits per heavy atom. The van der Waals surface area contributed by atoms with E-state index in [0.29, 0.717) is 28.1 Å². The standard InChI is InChI=1S/C23H22BrCl2NO2/c1-14-7-8-16(11-15(14)2)27-12-17-19(24)9-10-22(28-3)23(17)29-13-18-20(25)5-4-6-21(18)26/h4-11,27H,12-13H2,1-3H3. The smallest absolute Gasteiger partial charge is 0.167 e. The van der Waals surface area contributed by atoms with Crippen molar-refractivity contribution in [2.45, 2.75) is 27.0 Å². The molecule has 3 aromatic rings. The zero-order valence-corrected chi connectivity index (χ0v) is 19.6. The topological polar surface area (TPSA) is 30.5 Å². The highest BCUT2D eigenvalue weighted by Gasteiger charge is 2.16. The molecule has 0 heterocycles. The molecule has 3 aromatic carbocycles. The molecule has 0 saturated heterocycles. The summed E-state index contributed by atoms with van der Waals surface area (Å²) in [4.78, 5) is 0. The van der Waals surface area contributed by atoms with Crippen molar-refractivity contribution < 1.29 is 9.47 Å². The molecule has 0 bridgehead atoms. The first kappa shape index (κ1) is 21.8. The van der Waals surface area contributed by atoms with E-state index in [1.807, 2.05) is 18.2 Å². The van der Waals surface area contributed by atoms with Crippen LogP contribution in [0.4, 0.5) is 5.69 Å². The second kappa shape index (κ2) is 9.75. The number of rotatable bonds is 7. The fraction of sp³-hybridized carbons (Fsp3) is 0.217. The SMILES string of the molecule is COc1ccc(Br)c(CNc2ccc(C)c(C)c2)c1OCc1c(Cl)cccc1Cl. The van der Waals surface area contributed by atoms with Crippen molar-refractivity contribution in [3.63, 3.8) is 0 Å². The molecule has 0 radical (unpaired) electrons. The molecule has 0 saturated carbocycles. The van der Waals surface area contributed by atoms with Gasteiger partial charge in [-0.05, 0) is 61.4 Å². The van der Waals surface area contributed by atoms with Crippen LogP contribution in [-0.2, 0) is 13.2 Å². The van der Waals surface area contributed by atoms with Crippen LogP contribution in [0.25, 0.3) is 0 Å². The van der Waals surface area contributed by atoms with E-state index in [0.717, 1.165) is 21.3 Å². The summed E-state index contributed by atoms with van der Waals surface area (Å²) in [6.07, 6.45) is 0. The molecule has 152 valence electrons. The Balaban J connectivity index is 1.87. The molecule has 0 atom stereocenters. The van der Waals surface area contributed by atoms with Crippen LogP contribution < -0.4 is 14.8 Å². The van der Waals surface area contributed by atoms with Gasteiger partial charge in [0, 0.05) is 37.9 Å². The van der Waals surface area contributed by atoms with Crippen molar-refractivity contribution in [3.8, 4) is 11.5 Å². The third-order valence-corrected chi connectivity index (χ3v) is 6.24. The summed E-state index contributed by atoms with van der Waals surface area (Å²) >= 11 is 16.2. The summed E-state index contributed by atoms with van der Waals surface area (Å²) < 4.78 is 12.6. The zero-order valence-electron chi connectivity index (χ0n) is 16.5. The van der Waals surface area contributed by atoms with Crippen molar-refractivity contribution in [2.24, 2.45) is 0 Å². The van der Waals surface area contributed by atoms with Gasteiger partial charge in [0.05, 0.1) is 7.11 Å². The first-order valence-electron chi connectivity index (χ1n) is 9.13. The van der Waals surface area contributed by atoms with Crippen LogP contribution in [0.3, 0.4) is 0 Å². The monoisotopic (exact) mass is 493 g/mol. The molecular weight excluding hydrogens is 473 g/mol. The fourth-order valence-electron chi connectivity index (χ4n) is 2.92. The predicted octanol–water partition coefficient (Wildman–Crippen LogP) is 7.57. The van der Waals surface area contributed by atoms with Crippen molar-refractivity contribution in [1.29, 1.82) is 0 Å². The number of benzene rings is 3. The quantitative estimate of drug-likeness (QED) is 0.367. The molecule has 3 nitrogen and oxygen atoms in total. The van der Waals surface area contributed by atoms with Crippen molar-refractivity contribution in [2.75, 3.05) is 12.4 Å². The van der Waals surface area contributed by atoms with Gasteiger partial charge >= 0.3 is 0 Å². The van der Waals surface area contributed by atoms with Crippen LogP contribution in [0.5, 0.6) is 11.5 Å². The largest absolute Gasteiger partial charge is 0.493 e. The van der Waals surface area contributed by atoms with Crippen molar-refractivity contribution >= 4 is 44.8 Å². The lowest BCUT2D eigenvalue weighted by atomic mass is 10.1. The molecule has 29 heavy (non-hydrogen) atoms. The van der Waals surface area contributed by atoms with Gasteiger partial charge in [0.2, 0.25) is 0 Å². The van der Waals surface area contributed by atoms with Gasteiger partial charge in [0.25, 0.3) is 0 Å². The fourth-order valence-corrected chi connectivity index (χ4v) is 3.88. The number of halogens is 3. The maximum Gasteiger partial charge on any atom is 0.167 e. The molecule has 6 heteroatoms. The predicted molar refractivity (Wildman–Crippen MR) is 125 cm³/mol. The minimum atomic E-state index is 0.238. The third kappa shape index (κ3) is 5.19. The van der Waals surface area contributed by atoms with E-state index < -0.39 is 0 Å². The Bertz CT molecular complexity index is 1000. The molecule has 0 amide bonds. The first-order chi connectivity index (χ1) is 13.9. The number of anilines is 1. The van der Waals surface area contributed by atoms with Crippen molar-refractivity contribution in [1.82, 2.24) is 0 Å². The second-order valence-corrected chi connectivity index (χ2v) is 8.37. The zero-order chi connectivity index (χ0) is 21.0. The summed E-state index contributed by atoms with van der Waals surface area (Å²) in [5, 5.41) is 4.61. The number of ether oxygens (including phenoxy) is 2. The van der Waals surface area contributed by atoms with E-state index >= 15 is 0 Å². The molecule has 0 spiro atoms. The summed E-state index contributed by atoms with van der Waals surface area (Å²) in [7, 11) is 1.62. The van der Waals surface area contributed by atoms with Gasteiger partial charge in [-0.1, -0.05) is 51.3 Å². The molecule has 0 unspecified atom stereocenters. The van der Waals surface area contributed by atoms with Gasteiger partial charge in [-0.3, -0.25) is 0 Å². The minimum absolute atomic E-state index is 0.238.